The molecule has 0 radical (unpaired) electrons. The Morgan fingerprint density at radius 3 is 1.67 bits per heavy atom. The summed E-state index contributed by atoms with van der Waals surface area (Å²) in [6.45, 7) is 0. The smallest absolute Gasteiger partial charge is 0.143 e. The molecule has 13 rings (SSSR count). The van der Waals surface area contributed by atoms with E-state index in [1.807, 2.05) is 12.1 Å². The van der Waals surface area contributed by atoms with Crippen molar-refractivity contribution in [2.75, 3.05) is 4.90 Å². The monoisotopic (exact) mass is 854 g/mol. The van der Waals surface area contributed by atoms with Gasteiger partial charge in [0.25, 0.3) is 0 Å². The van der Waals surface area contributed by atoms with Crippen molar-refractivity contribution < 1.29 is 4.42 Å². The van der Waals surface area contributed by atoms with Crippen molar-refractivity contribution in [1.82, 2.24) is 4.57 Å². The van der Waals surface area contributed by atoms with Crippen LogP contribution in [-0.4, -0.2) is 4.57 Å². The highest BCUT2D eigenvalue weighted by Crippen LogP contribution is 2.46. The van der Waals surface area contributed by atoms with Gasteiger partial charge in [0.15, 0.2) is 0 Å². The highest BCUT2D eigenvalue weighted by molar-refractivity contribution is 6.11. The van der Waals surface area contributed by atoms with Gasteiger partial charge in [-0.3, -0.25) is 0 Å². The van der Waals surface area contributed by atoms with Crippen LogP contribution in [0.3, 0.4) is 0 Å². The van der Waals surface area contributed by atoms with E-state index in [2.05, 4.69) is 252 Å². The average Bonchev–Trinajstić information content (AvgIpc) is 3.95. The zero-order valence-corrected chi connectivity index (χ0v) is 36.6. The number of anilines is 3. The SMILES string of the molecule is c1cc(-c2cccc3c2oc2ccccc23)cc(N(c2ccc(-c3ccccc3-c3ccccc3-n3c4ccccc4c4ccccc43)cc2)c2ccccc2-c2cccc3ccccc23)c1. The standard InChI is InChI=1S/C64H42N2O/c1-2-22-48-43(18-1)19-16-31-52(48)53-25-5-10-33-59(53)65(47-21-15-20-45(42-47)50-30-17-32-58-57-29-9-14-37-63(57)67-64(50)58)46-40-38-44(39-41-46)49-23-3-4-24-51(49)54-26-6-11-34-60(54)66-61-35-12-7-27-55(61)56-28-8-13-36-62(56)66/h1-42H. The minimum absolute atomic E-state index is 0.892. The van der Waals surface area contributed by atoms with Gasteiger partial charge in [0.2, 0.25) is 0 Å². The van der Waals surface area contributed by atoms with Gasteiger partial charge in [0.05, 0.1) is 22.4 Å². The molecule has 2 aromatic heterocycles. The Kier molecular flexibility index (Phi) is 9.17. The maximum atomic E-state index is 6.57. The Morgan fingerprint density at radius 2 is 0.866 bits per heavy atom. The normalized spacial score (nSPS) is 11.6. The van der Waals surface area contributed by atoms with Crippen LogP contribution in [-0.2, 0) is 0 Å². The Morgan fingerprint density at radius 1 is 0.313 bits per heavy atom. The summed E-state index contributed by atoms with van der Waals surface area (Å²) in [5, 5.41) is 7.17. The minimum Gasteiger partial charge on any atom is -0.455 e. The second kappa shape index (κ2) is 16.0. The maximum Gasteiger partial charge on any atom is 0.143 e. The van der Waals surface area contributed by atoms with Crippen molar-refractivity contribution in [3.63, 3.8) is 0 Å². The first-order valence-electron chi connectivity index (χ1n) is 22.9. The van der Waals surface area contributed by atoms with Crippen molar-refractivity contribution in [2.45, 2.75) is 0 Å². The number of furan rings is 1. The molecule has 0 bridgehead atoms. The summed E-state index contributed by atoms with van der Waals surface area (Å²) in [4.78, 5) is 2.41. The van der Waals surface area contributed by atoms with Crippen LogP contribution in [0.5, 0.6) is 0 Å². The summed E-state index contributed by atoms with van der Waals surface area (Å²) in [7, 11) is 0. The van der Waals surface area contributed by atoms with Gasteiger partial charge in [0, 0.05) is 49.6 Å². The number of hydrogen-bond donors (Lipinski definition) is 0. The van der Waals surface area contributed by atoms with E-state index in [0.717, 1.165) is 66.9 Å². The van der Waals surface area contributed by atoms with E-state index in [4.69, 9.17) is 4.42 Å². The van der Waals surface area contributed by atoms with Crippen LogP contribution in [0, 0.1) is 0 Å². The minimum atomic E-state index is 0.892. The molecule has 0 saturated heterocycles. The quantitative estimate of drug-likeness (QED) is 0.152. The first-order valence-corrected chi connectivity index (χ1v) is 22.9. The van der Waals surface area contributed by atoms with Crippen LogP contribution in [0.15, 0.2) is 259 Å². The fourth-order valence-corrected chi connectivity index (χ4v) is 10.4. The molecule has 13 aromatic rings. The summed E-state index contributed by atoms with van der Waals surface area (Å²) in [5.74, 6) is 0. The predicted molar refractivity (Wildman–Crippen MR) is 282 cm³/mol. The summed E-state index contributed by atoms with van der Waals surface area (Å²) in [5.41, 5.74) is 17.7. The molecule has 0 aliphatic carbocycles. The van der Waals surface area contributed by atoms with Crippen LogP contribution >= 0.6 is 0 Å². The maximum absolute atomic E-state index is 6.57. The van der Waals surface area contributed by atoms with Gasteiger partial charge in [-0.15, -0.1) is 0 Å². The van der Waals surface area contributed by atoms with Crippen molar-refractivity contribution in [2.24, 2.45) is 0 Å². The summed E-state index contributed by atoms with van der Waals surface area (Å²) < 4.78 is 9.00. The van der Waals surface area contributed by atoms with Crippen LogP contribution in [0.4, 0.5) is 17.1 Å². The summed E-state index contributed by atoms with van der Waals surface area (Å²) >= 11 is 0. The third-order valence-corrected chi connectivity index (χ3v) is 13.4. The fraction of sp³-hybridized carbons (Fsp3) is 0. The van der Waals surface area contributed by atoms with Gasteiger partial charge in [-0.2, -0.15) is 0 Å². The first kappa shape index (κ1) is 38.5. The molecule has 314 valence electrons. The first-order chi connectivity index (χ1) is 33.3. The van der Waals surface area contributed by atoms with Gasteiger partial charge in [0.1, 0.15) is 11.2 Å². The molecule has 3 nitrogen and oxygen atoms in total. The summed E-state index contributed by atoms with van der Waals surface area (Å²) in [6.07, 6.45) is 0. The van der Waals surface area contributed by atoms with Gasteiger partial charge in [-0.05, 0) is 93.2 Å². The molecule has 0 atom stereocenters. The van der Waals surface area contributed by atoms with Gasteiger partial charge < -0.3 is 13.9 Å². The zero-order valence-electron chi connectivity index (χ0n) is 36.6. The number of para-hydroxylation sites is 6. The van der Waals surface area contributed by atoms with Crippen molar-refractivity contribution in [1.29, 1.82) is 0 Å². The largest absolute Gasteiger partial charge is 0.455 e. The van der Waals surface area contributed by atoms with Crippen LogP contribution in [0.1, 0.15) is 0 Å². The molecule has 11 aromatic carbocycles. The lowest BCUT2D eigenvalue weighted by Crippen LogP contribution is -2.11. The van der Waals surface area contributed by atoms with E-state index in [0.29, 0.717) is 0 Å². The van der Waals surface area contributed by atoms with Gasteiger partial charge in [-0.1, -0.05) is 200 Å². The zero-order chi connectivity index (χ0) is 44.3. The van der Waals surface area contributed by atoms with E-state index in [1.54, 1.807) is 0 Å². The van der Waals surface area contributed by atoms with E-state index in [9.17, 15) is 0 Å². The van der Waals surface area contributed by atoms with E-state index in [1.165, 1.54) is 54.8 Å². The molecule has 67 heavy (non-hydrogen) atoms. The third kappa shape index (κ3) is 6.43. The Balaban J connectivity index is 0.967. The molecule has 0 amide bonds. The molecule has 0 fully saturated rings. The molecular weight excluding hydrogens is 813 g/mol. The molecule has 0 spiro atoms. The van der Waals surface area contributed by atoms with Crippen LogP contribution < -0.4 is 4.90 Å². The molecule has 0 aliphatic rings. The Bertz CT molecular complexity index is 3950. The molecule has 0 aliphatic heterocycles. The highest BCUT2D eigenvalue weighted by atomic mass is 16.3. The van der Waals surface area contributed by atoms with Crippen molar-refractivity contribution in [3.05, 3.63) is 255 Å². The van der Waals surface area contributed by atoms with Crippen molar-refractivity contribution in [3.8, 4) is 50.2 Å². The molecule has 2 heterocycles. The number of fused-ring (bicyclic) bond motifs is 7. The second-order valence-corrected chi connectivity index (χ2v) is 17.2. The Hall–Kier alpha value is -8.92. The lowest BCUT2D eigenvalue weighted by molar-refractivity contribution is 0.670. The lowest BCUT2D eigenvalue weighted by Gasteiger charge is -2.29. The highest BCUT2D eigenvalue weighted by Gasteiger charge is 2.22. The van der Waals surface area contributed by atoms with E-state index < -0.39 is 0 Å². The van der Waals surface area contributed by atoms with Gasteiger partial charge in [-0.25, -0.2) is 0 Å². The molecule has 0 unspecified atom stereocenters. The van der Waals surface area contributed by atoms with Gasteiger partial charge >= 0.3 is 0 Å². The van der Waals surface area contributed by atoms with E-state index in [-0.39, 0.29) is 0 Å². The topological polar surface area (TPSA) is 21.3 Å². The molecule has 3 heteroatoms. The van der Waals surface area contributed by atoms with Crippen molar-refractivity contribution >= 4 is 71.6 Å². The number of aromatic nitrogens is 1. The predicted octanol–water partition coefficient (Wildman–Crippen LogP) is 18.0. The average molecular weight is 855 g/mol. The third-order valence-electron chi connectivity index (χ3n) is 13.4. The summed E-state index contributed by atoms with van der Waals surface area (Å²) in [6, 6.07) is 91.9. The van der Waals surface area contributed by atoms with Crippen LogP contribution in [0.2, 0.25) is 0 Å². The lowest BCUT2D eigenvalue weighted by atomic mass is 9.93. The Labute approximate surface area is 388 Å². The fourth-order valence-electron chi connectivity index (χ4n) is 10.4. The van der Waals surface area contributed by atoms with Crippen LogP contribution in [0.25, 0.3) is 105 Å². The number of benzene rings is 11. The molecule has 0 saturated carbocycles. The number of rotatable bonds is 8. The molecule has 0 N–H and O–H groups in total. The second-order valence-electron chi connectivity index (χ2n) is 17.2. The number of hydrogen-bond acceptors (Lipinski definition) is 2. The number of nitrogens with zero attached hydrogens (tertiary/aromatic N) is 2. The molecular formula is C64H42N2O. The van der Waals surface area contributed by atoms with E-state index >= 15 is 0 Å².